The van der Waals surface area contributed by atoms with Crippen molar-refractivity contribution in [2.24, 2.45) is 0 Å². The average molecular weight is 302 g/mol. The standard InChI is InChI=1S/C13H16ClNO3S/c1-9-7-11(19(14,17)18)8-12(10(9)2)13(16)15-5-3-4-6-15/h7-8H,3-6H2,1-2H3. The number of nitrogens with zero attached hydrogens (tertiary/aromatic N) is 1. The molecule has 0 bridgehead atoms. The van der Waals surface area contributed by atoms with Gasteiger partial charge in [-0.3, -0.25) is 4.79 Å². The average Bonchev–Trinajstić information content (AvgIpc) is 2.83. The normalized spacial score (nSPS) is 15.8. The summed E-state index contributed by atoms with van der Waals surface area (Å²) in [7, 11) is 1.55. The molecule has 1 amide bonds. The molecule has 1 aromatic rings. The third kappa shape index (κ3) is 2.92. The molecule has 0 saturated carbocycles. The van der Waals surface area contributed by atoms with Crippen LogP contribution in [0.25, 0.3) is 0 Å². The van der Waals surface area contributed by atoms with Gasteiger partial charge in [-0.1, -0.05) is 0 Å². The first-order valence-electron chi connectivity index (χ1n) is 6.16. The Morgan fingerprint density at radius 3 is 2.32 bits per heavy atom. The van der Waals surface area contributed by atoms with Gasteiger partial charge in [0.25, 0.3) is 15.0 Å². The van der Waals surface area contributed by atoms with Crippen LogP contribution in [0.1, 0.15) is 34.3 Å². The summed E-state index contributed by atoms with van der Waals surface area (Å²) in [6, 6.07) is 2.88. The highest BCUT2D eigenvalue weighted by molar-refractivity contribution is 8.13. The molecule has 0 aromatic heterocycles. The van der Waals surface area contributed by atoms with E-state index in [0.29, 0.717) is 5.56 Å². The van der Waals surface area contributed by atoms with E-state index in [1.165, 1.54) is 12.1 Å². The molecule has 4 nitrogen and oxygen atoms in total. The quantitative estimate of drug-likeness (QED) is 0.789. The Hall–Kier alpha value is -1.07. The van der Waals surface area contributed by atoms with Crippen molar-refractivity contribution in [3.63, 3.8) is 0 Å². The monoisotopic (exact) mass is 301 g/mol. The number of rotatable bonds is 2. The van der Waals surface area contributed by atoms with Crippen LogP contribution < -0.4 is 0 Å². The molecule has 1 fully saturated rings. The molecule has 1 aliphatic rings. The lowest BCUT2D eigenvalue weighted by Gasteiger charge is -2.18. The summed E-state index contributed by atoms with van der Waals surface area (Å²) in [5.74, 6) is -0.111. The lowest BCUT2D eigenvalue weighted by Crippen LogP contribution is -2.28. The Labute approximate surface area is 117 Å². The van der Waals surface area contributed by atoms with E-state index in [9.17, 15) is 13.2 Å². The second kappa shape index (κ2) is 5.13. The van der Waals surface area contributed by atoms with Crippen molar-refractivity contribution in [1.29, 1.82) is 0 Å². The second-order valence-electron chi connectivity index (χ2n) is 4.85. The number of benzene rings is 1. The van der Waals surface area contributed by atoms with Crippen molar-refractivity contribution < 1.29 is 13.2 Å². The molecule has 6 heteroatoms. The van der Waals surface area contributed by atoms with Crippen LogP contribution in [0.5, 0.6) is 0 Å². The van der Waals surface area contributed by atoms with Gasteiger partial charge in [0.2, 0.25) is 0 Å². The molecule has 19 heavy (non-hydrogen) atoms. The maximum absolute atomic E-state index is 12.4. The highest BCUT2D eigenvalue weighted by Gasteiger charge is 2.23. The lowest BCUT2D eigenvalue weighted by atomic mass is 10.0. The highest BCUT2D eigenvalue weighted by Crippen LogP contribution is 2.24. The van der Waals surface area contributed by atoms with Gasteiger partial charge in [-0.2, -0.15) is 0 Å². The van der Waals surface area contributed by atoms with E-state index >= 15 is 0 Å². The first-order valence-corrected chi connectivity index (χ1v) is 8.47. The summed E-state index contributed by atoms with van der Waals surface area (Å²) in [5.41, 5.74) is 1.99. The fourth-order valence-electron chi connectivity index (χ4n) is 2.28. The summed E-state index contributed by atoms with van der Waals surface area (Å²) in [4.78, 5) is 14.1. The Kier molecular flexibility index (Phi) is 3.87. The van der Waals surface area contributed by atoms with Gasteiger partial charge in [0.05, 0.1) is 4.90 Å². The number of carbonyl (C=O) groups is 1. The maximum atomic E-state index is 12.4. The smallest absolute Gasteiger partial charge is 0.261 e. The minimum absolute atomic E-state index is 0.0141. The largest absolute Gasteiger partial charge is 0.339 e. The molecule has 0 atom stereocenters. The fraction of sp³-hybridized carbons (Fsp3) is 0.462. The van der Waals surface area contributed by atoms with E-state index < -0.39 is 9.05 Å². The van der Waals surface area contributed by atoms with E-state index in [1.54, 1.807) is 11.8 Å². The summed E-state index contributed by atoms with van der Waals surface area (Å²) in [6.07, 6.45) is 1.99. The maximum Gasteiger partial charge on any atom is 0.261 e. The van der Waals surface area contributed by atoms with Crippen LogP contribution in [0, 0.1) is 13.8 Å². The van der Waals surface area contributed by atoms with Crippen molar-refractivity contribution in [2.45, 2.75) is 31.6 Å². The van der Waals surface area contributed by atoms with Crippen molar-refractivity contribution in [3.8, 4) is 0 Å². The highest BCUT2D eigenvalue weighted by atomic mass is 35.7. The number of aryl methyl sites for hydroxylation is 1. The number of hydrogen-bond donors (Lipinski definition) is 0. The minimum atomic E-state index is -3.82. The minimum Gasteiger partial charge on any atom is -0.339 e. The molecule has 0 N–H and O–H groups in total. The third-order valence-corrected chi connectivity index (χ3v) is 4.88. The van der Waals surface area contributed by atoms with E-state index in [2.05, 4.69) is 0 Å². The van der Waals surface area contributed by atoms with E-state index in [-0.39, 0.29) is 10.8 Å². The molecule has 1 saturated heterocycles. The topological polar surface area (TPSA) is 54.5 Å². The van der Waals surface area contributed by atoms with Gasteiger partial charge >= 0.3 is 0 Å². The molecule has 0 aliphatic carbocycles. The summed E-state index contributed by atoms with van der Waals surface area (Å²) >= 11 is 0. The molecule has 0 spiro atoms. The van der Waals surface area contributed by atoms with Crippen LogP contribution in [0.3, 0.4) is 0 Å². The van der Waals surface area contributed by atoms with Crippen LogP contribution in [-0.2, 0) is 9.05 Å². The van der Waals surface area contributed by atoms with Crippen LogP contribution in [-0.4, -0.2) is 32.3 Å². The zero-order chi connectivity index (χ0) is 14.2. The summed E-state index contributed by atoms with van der Waals surface area (Å²) in [6.45, 7) is 5.06. The van der Waals surface area contributed by atoms with E-state index in [1.807, 2.05) is 6.92 Å². The first kappa shape index (κ1) is 14.3. The lowest BCUT2D eigenvalue weighted by molar-refractivity contribution is 0.0791. The van der Waals surface area contributed by atoms with Crippen LogP contribution in [0.2, 0.25) is 0 Å². The third-order valence-electron chi connectivity index (χ3n) is 3.55. The molecule has 2 rings (SSSR count). The van der Waals surface area contributed by atoms with Crippen LogP contribution in [0.4, 0.5) is 0 Å². The van der Waals surface area contributed by atoms with Gasteiger partial charge in [-0.25, -0.2) is 8.42 Å². The zero-order valence-corrected chi connectivity index (χ0v) is 12.5. The Balaban J connectivity index is 2.50. The van der Waals surface area contributed by atoms with Gasteiger partial charge in [0, 0.05) is 29.3 Å². The van der Waals surface area contributed by atoms with Crippen LogP contribution in [0.15, 0.2) is 17.0 Å². The van der Waals surface area contributed by atoms with Gasteiger partial charge in [-0.15, -0.1) is 0 Å². The van der Waals surface area contributed by atoms with E-state index in [4.69, 9.17) is 10.7 Å². The Morgan fingerprint density at radius 1 is 1.21 bits per heavy atom. The van der Waals surface area contributed by atoms with Crippen molar-refractivity contribution in [2.75, 3.05) is 13.1 Å². The molecule has 0 unspecified atom stereocenters. The summed E-state index contributed by atoms with van der Waals surface area (Å²) in [5, 5.41) is 0. The first-order chi connectivity index (χ1) is 8.80. The molecule has 1 aromatic carbocycles. The van der Waals surface area contributed by atoms with Crippen molar-refractivity contribution >= 4 is 25.6 Å². The fourth-order valence-corrected chi connectivity index (χ4v) is 3.12. The molecule has 1 heterocycles. The van der Waals surface area contributed by atoms with Gasteiger partial charge < -0.3 is 4.90 Å². The molecular formula is C13H16ClNO3S. The van der Waals surface area contributed by atoms with Crippen molar-refractivity contribution in [1.82, 2.24) is 4.90 Å². The molecule has 1 aliphatic heterocycles. The van der Waals surface area contributed by atoms with E-state index in [0.717, 1.165) is 37.1 Å². The van der Waals surface area contributed by atoms with Gasteiger partial charge in [-0.05, 0) is 49.9 Å². The Bertz CT molecular complexity index is 619. The Morgan fingerprint density at radius 2 is 1.79 bits per heavy atom. The predicted molar refractivity (Wildman–Crippen MR) is 74.1 cm³/mol. The zero-order valence-electron chi connectivity index (χ0n) is 10.9. The predicted octanol–water partition coefficient (Wildman–Crippen LogP) is 2.47. The van der Waals surface area contributed by atoms with Crippen molar-refractivity contribution in [3.05, 3.63) is 28.8 Å². The van der Waals surface area contributed by atoms with Crippen LogP contribution >= 0.6 is 10.7 Å². The number of hydrogen-bond acceptors (Lipinski definition) is 3. The van der Waals surface area contributed by atoms with Gasteiger partial charge in [0.1, 0.15) is 0 Å². The SMILES string of the molecule is Cc1cc(S(=O)(=O)Cl)cc(C(=O)N2CCCC2)c1C. The number of likely N-dealkylation sites (tertiary alicyclic amines) is 1. The number of halogens is 1. The number of amides is 1. The molecule has 0 radical (unpaired) electrons. The summed E-state index contributed by atoms with van der Waals surface area (Å²) < 4.78 is 22.9. The molecule has 104 valence electrons. The molecular weight excluding hydrogens is 286 g/mol. The van der Waals surface area contributed by atoms with Gasteiger partial charge in [0.15, 0.2) is 0 Å². The second-order valence-corrected chi connectivity index (χ2v) is 7.42. The number of carbonyl (C=O) groups excluding carboxylic acids is 1.